The number of amides is 1. The van der Waals surface area contributed by atoms with Crippen LogP contribution in [0.25, 0.3) is 28.2 Å². The fraction of sp³-hybridized carbons (Fsp3) is 0.233. The summed E-state index contributed by atoms with van der Waals surface area (Å²) in [5.41, 5.74) is 6.05. The number of hydrogen-bond acceptors (Lipinski definition) is 6. The third-order valence-electron chi connectivity index (χ3n) is 6.24. The molecule has 190 valence electrons. The van der Waals surface area contributed by atoms with Crippen LogP contribution in [0.4, 0.5) is 5.69 Å². The van der Waals surface area contributed by atoms with Crippen LogP contribution < -0.4 is 5.32 Å². The van der Waals surface area contributed by atoms with Crippen molar-refractivity contribution in [3.05, 3.63) is 90.0 Å². The second kappa shape index (κ2) is 9.94. The van der Waals surface area contributed by atoms with Gasteiger partial charge in [-0.25, -0.2) is 9.97 Å². The number of benzene rings is 1. The number of pyridine rings is 2. The lowest BCUT2D eigenvalue weighted by molar-refractivity contribution is 0.102. The van der Waals surface area contributed by atoms with Crippen molar-refractivity contribution in [2.24, 2.45) is 5.41 Å². The Morgan fingerprint density at radius 1 is 1.11 bits per heavy atom. The highest BCUT2D eigenvalue weighted by atomic mass is 16.3. The second-order valence-electron chi connectivity index (χ2n) is 10.5. The average Bonchev–Trinajstić information content (AvgIpc) is 3.54. The summed E-state index contributed by atoms with van der Waals surface area (Å²) in [5.74, 6) is -0.0851. The smallest absolute Gasteiger partial charge is 0.277 e. The monoisotopic (exact) mass is 504 g/mol. The van der Waals surface area contributed by atoms with E-state index in [1.54, 1.807) is 18.3 Å². The first kappa shape index (κ1) is 24.9. The maximum Gasteiger partial charge on any atom is 0.277 e. The number of carbonyl (C=O) groups is 1. The molecule has 0 aliphatic carbocycles. The first-order valence-electron chi connectivity index (χ1n) is 12.4. The topological polar surface area (TPSA) is 109 Å². The number of anilines is 1. The van der Waals surface area contributed by atoms with Crippen LogP contribution in [0.2, 0.25) is 0 Å². The molecule has 38 heavy (non-hydrogen) atoms. The van der Waals surface area contributed by atoms with E-state index in [9.17, 15) is 10.1 Å². The molecule has 1 N–H and O–H groups in total. The van der Waals surface area contributed by atoms with Gasteiger partial charge in [0.2, 0.25) is 5.89 Å². The summed E-state index contributed by atoms with van der Waals surface area (Å²) in [5, 5.41) is 12.7. The summed E-state index contributed by atoms with van der Waals surface area (Å²) >= 11 is 0. The van der Waals surface area contributed by atoms with Gasteiger partial charge in [0.15, 0.2) is 5.69 Å². The van der Waals surface area contributed by atoms with E-state index in [0.29, 0.717) is 28.3 Å². The minimum Gasteiger partial charge on any atom is -0.444 e. The largest absolute Gasteiger partial charge is 0.444 e. The Balaban J connectivity index is 1.52. The van der Waals surface area contributed by atoms with E-state index in [1.807, 2.05) is 54.0 Å². The van der Waals surface area contributed by atoms with Gasteiger partial charge in [0.25, 0.3) is 5.91 Å². The molecule has 0 saturated heterocycles. The molecule has 1 amide bonds. The van der Waals surface area contributed by atoms with E-state index in [4.69, 9.17) is 9.40 Å². The number of aryl methyl sites for hydroxylation is 2. The highest BCUT2D eigenvalue weighted by molar-refractivity contribution is 6.05. The zero-order valence-corrected chi connectivity index (χ0v) is 21.8. The second-order valence-corrected chi connectivity index (χ2v) is 10.5. The average molecular weight is 505 g/mol. The van der Waals surface area contributed by atoms with Gasteiger partial charge in [-0.1, -0.05) is 39.0 Å². The quantitative estimate of drug-likeness (QED) is 0.284. The third kappa shape index (κ3) is 5.32. The van der Waals surface area contributed by atoms with Crippen LogP contribution in [0.5, 0.6) is 0 Å². The van der Waals surface area contributed by atoms with E-state index in [-0.39, 0.29) is 11.1 Å². The zero-order valence-electron chi connectivity index (χ0n) is 21.8. The van der Waals surface area contributed by atoms with E-state index in [1.165, 1.54) is 6.26 Å². The maximum absolute atomic E-state index is 13.3. The van der Waals surface area contributed by atoms with Gasteiger partial charge in [0.05, 0.1) is 23.0 Å². The number of nitriles is 1. The molecule has 4 heterocycles. The van der Waals surface area contributed by atoms with Gasteiger partial charge >= 0.3 is 0 Å². The molecular weight excluding hydrogens is 476 g/mol. The molecule has 5 aromatic rings. The van der Waals surface area contributed by atoms with Crippen LogP contribution in [0.3, 0.4) is 0 Å². The minimum atomic E-state index is -0.422. The molecule has 0 radical (unpaired) electrons. The van der Waals surface area contributed by atoms with Crippen molar-refractivity contribution in [3.8, 4) is 28.7 Å². The van der Waals surface area contributed by atoms with Gasteiger partial charge in [-0.3, -0.25) is 9.78 Å². The Hall–Kier alpha value is -4.77. The fourth-order valence-corrected chi connectivity index (χ4v) is 4.22. The highest BCUT2D eigenvalue weighted by Gasteiger charge is 2.19. The molecule has 0 saturated carbocycles. The summed E-state index contributed by atoms with van der Waals surface area (Å²) in [4.78, 5) is 26.7. The Bertz CT molecular complexity index is 1680. The SMILES string of the molecule is Cc1cc(-c2nc(C(=O)Nc3cn4cc(CCC(C)(C)C)nc4cc3-c3ccccc3C#N)co2)ccn1. The van der Waals surface area contributed by atoms with Gasteiger partial charge in [-0.2, -0.15) is 5.26 Å². The standard InChI is InChI=1S/C30H28N6O2/c1-19-13-20(10-12-32-19)29-35-26(18-38-29)28(37)34-25-17-36-16-22(9-11-30(2,3)4)33-27(36)14-24(25)23-8-6-5-7-21(23)15-31/h5-8,10,12-14,16-18H,9,11H2,1-4H3,(H,34,37). The number of aromatic nitrogens is 4. The van der Waals surface area contributed by atoms with Gasteiger partial charge in [-0.05, 0) is 49.4 Å². The van der Waals surface area contributed by atoms with Crippen molar-refractivity contribution in [3.63, 3.8) is 0 Å². The molecule has 0 fully saturated rings. The number of nitrogens with one attached hydrogen (secondary N) is 1. The number of imidazole rings is 1. The van der Waals surface area contributed by atoms with Crippen molar-refractivity contribution >= 4 is 17.2 Å². The molecule has 8 heteroatoms. The predicted octanol–water partition coefficient (Wildman–Crippen LogP) is 6.46. The van der Waals surface area contributed by atoms with Crippen LogP contribution in [0.15, 0.2) is 71.7 Å². The van der Waals surface area contributed by atoms with E-state index < -0.39 is 5.91 Å². The Labute approximate surface area is 221 Å². The van der Waals surface area contributed by atoms with Gasteiger partial charge < -0.3 is 14.1 Å². The minimum absolute atomic E-state index is 0.144. The first-order valence-corrected chi connectivity index (χ1v) is 12.4. The fourth-order valence-electron chi connectivity index (χ4n) is 4.22. The van der Waals surface area contributed by atoms with Gasteiger partial charge in [-0.15, -0.1) is 0 Å². The molecular formula is C30H28N6O2. The summed E-state index contributed by atoms with van der Waals surface area (Å²) in [6, 6.07) is 15.1. The van der Waals surface area contributed by atoms with Crippen molar-refractivity contribution in [2.45, 2.75) is 40.5 Å². The number of carbonyl (C=O) groups excluding carboxylic acids is 1. The van der Waals surface area contributed by atoms with Crippen molar-refractivity contribution in [2.75, 3.05) is 5.32 Å². The molecule has 0 spiro atoms. The summed E-state index contributed by atoms with van der Waals surface area (Å²) in [7, 11) is 0. The van der Waals surface area contributed by atoms with Crippen LogP contribution in [-0.2, 0) is 6.42 Å². The lowest BCUT2D eigenvalue weighted by Gasteiger charge is -2.16. The lowest BCUT2D eigenvalue weighted by atomic mass is 9.90. The van der Waals surface area contributed by atoms with Crippen molar-refractivity contribution in [1.29, 1.82) is 5.26 Å². The van der Waals surface area contributed by atoms with Crippen LogP contribution >= 0.6 is 0 Å². The zero-order chi connectivity index (χ0) is 26.9. The number of rotatable bonds is 6. The molecule has 0 atom stereocenters. The van der Waals surface area contributed by atoms with Gasteiger partial charge in [0, 0.05) is 41.0 Å². The number of oxazole rings is 1. The van der Waals surface area contributed by atoms with Crippen LogP contribution in [0, 0.1) is 23.7 Å². The van der Waals surface area contributed by atoms with Crippen LogP contribution in [0.1, 0.15) is 54.6 Å². The highest BCUT2D eigenvalue weighted by Crippen LogP contribution is 2.33. The molecule has 0 aliphatic heterocycles. The van der Waals surface area contributed by atoms with Gasteiger partial charge in [0.1, 0.15) is 11.9 Å². The number of fused-ring (bicyclic) bond motifs is 1. The third-order valence-corrected chi connectivity index (χ3v) is 6.24. The van der Waals surface area contributed by atoms with E-state index >= 15 is 0 Å². The number of hydrogen-bond donors (Lipinski definition) is 1. The molecule has 8 nitrogen and oxygen atoms in total. The predicted molar refractivity (Wildman–Crippen MR) is 146 cm³/mol. The van der Waals surface area contributed by atoms with Crippen molar-refractivity contribution in [1.82, 2.24) is 19.4 Å². The Morgan fingerprint density at radius 2 is 1.92 bits per heavy atom. The van der Waals surface area contributed by atoms with E-state index in [0.717, 1.165) is 35.4 Å². The molecule has 5 rings (SSSR count). The Morgan fingerprint density at radius 3 is 2.68 bits per heavy atom. The molecule has 0 aliphatic rings. The molecule has 0 bridgehead atoms. The maximum atomic E-state index is 13.3. The normalized spacial score (nSPS) is 11.4. The summed E-state index contributed by atoms with van der Waals surface area (Å²) in [6.45, 7) is 8.50. The molecule has 1 aromatic carbocycles. The van der Waals surface area contributed by atoms with Crippen molar-refractivity contribution < 1.29 is 9.21 Å². The first-order chi connectivity index (χ1) is 18.2. The summed E-state index contributed by atoms with van der Waals surface area (Å²) < 4.78 is 7.49. The Kier molecular flexibility index (Phi) is 6.52. The molecule has 4 aromatic heterocycles. The molecule has 0 unspecified atom stereocenters. The number of nitrogens with zero attached hydrogens (tertiary/aromatic N) is 5. The van der Waals surface area contributed by atoms with E-state index in [2.05, 4.69) is 42.1 Å². The lowest BCUT2D eigenvalue weighted by Crippen LogP contribution is -2.14. The summed E-state index contributed by atoms with van der Waals surface area (Å²) in [6.07, 6.45) is 8.66. The van der Waals surface area contributed by atoms with Crippen LogP contribution in [-0.4, -0.2) is 25.3 Å².